The Bertz CT molecular complexity index is 995. The van der Waals surface area contributed by atoms with E-state index in [0.29, 0.717) is 0 Å². The highest BCUT2D eigenvalue weighted by Gasteiger charge is 2.14. The first-order chi connectivity index (χ1) is 12.4. The number of aromatic nitrogens is 4. The molecule has 0 spiro atoms. The predicted molar refractivity (Wildman–Crippen MR) is 104 cm³/mol. The average Bonchev–Trinajstić information content (AvgIpc) is 2.98. The number of fused-ring (bicyclic) bond motifs is 3. The lowest BCUT2D eigenvalue weighted by molar-refractivity contribution is 0.727. The molecule has 25 heavy (non-hydrogen) atoms. The molecular formula is C20H20N4S. The van der Waals surface area contributed by atoms with Crippen molar-refractivity contribution in [3.8, 4) is 0 Å². The van der Waals surface area contributed by atoms with E-state index < -0.39 is 0 Å². The highest BCUT2D eigenvalue weighted by atomic mass is 32.2. The molecule has 0 fully saturated rings. The molecule has 2 aromatic carbocycles. The van der Waals surface area contributed by atoms with E-state index in [2.05, 4.69) is 70.2 Å². The van der Waals surface area contributed by atoms with Crippen LogP contribution in [0.15, 0.2) is 59.8 Å². The van der Waals surface area contributed by atoms with Crippen molar-refractivity contribution in [1.29, 1.82) is 0 Å². The Morgan fingerprint density at radius 2 is 1.76 bits per heavy atom. The summed E-state index contributed by atoms with van der Waals surface area (Å²) in [7, 11) is 0. The molecule has 2 aromatic heterocycles. The molecule has 0 aliphatic rings. The highest BCUT2D eigenvalue weighted by molar-refractivity contribution is 7.99. The monoisotopic (exact) mass is 348 g/mol. The topological polar surface area (TPSA) is 43.6 Å². The minimum Gasteiger partial charge on any atom is -0.323 e. The zero-order chi connectivity index (χ0) is 17.1. The first kappa shape index (κ1) is 16.1. The Morgan fingerprint density at radius 3 is 2.60 bits per heavy atom. The van der Waals surface area contributed by atoms with Gasteiger partial charge in [0.15, 0.2) is 5.65 Å². The van der Waals surface area contributed by atoms with Crippen LogP contribution in [0.2, 0.25) is 0 Å². The first-order valence-corrected chi connectivity index (χ1v) is 9.63. The zero-order valence-electron chi connectivity index (χ0n) is 14.2. The van der Waals surface area contributed by atoms with E-state index in [1.54, 1.807) is 11.8 Å². The van der Waals surface area contributed by atoms with Crippen LogP contribution < -0.4 is 0 Å². The van der Waals surface area contributed by atoms with Gasteiger partial charge in [0.05, 0.1) is 5.52 Å². The van der Waals surface area contributed by atoms with E-state index >= 15 is 0 Å². The third kappa shape index (κ3) is 3.24. The fourth-order valence-electron chi connectivity index (χ4n) is 3.06. The van der Waals surface area contributed by atoms with Crippen LogP contribution in [0.5, 0.6) is 0 Å². The van der Waals surface area contributed by atoms with Crippen molar-refractivity contribution in [3.63, 3.8) is 0 Å². The Morgan fingerprint density at radius 1 is 0.960 bits per heavy atom. The predicted octanol–water partition coefficient (Wildman–Crippen LogP) is 4.72. The van der Waals surface area contributed by atoms with Crippen LogP contribution in [0.4, 0.5) is 0 Å². The van der Waals surface area contributed by atoms with Gasteiger partial charge in [-0.15, -0.1) is 10.2 Å². The molecule has 0 radical (unpaired) electrons. The maximum absolute atomic E-state index is 4.81. The summed E-state index contributed by atoms with van der Waals surface area (Å²) in [6, 6.07) is 18.9. The van der Waals surface area contributed by atoms with E-state index in [9.17, 15) is 0 Å². The summed E-state index contributed by atoms with van der Waals surface area (Å²) in [5.74, 6) is 1.01. The molecule has 0 saturated heterocycles. The number of benzene rings is 2. The van der Waals surface area contributed by atoms with Crippen LogP contribution in [0, 0.1) is 0 Å². The van der Waals surface area contributed by atoms with Gasteiger partial charge in [-0.3, -0.25) is 0 Å². The van der Waals surface area contributed by atoms with Crippen molar-refractivity contribution in [2.45, 2.75) is 31.5 Å². The normalized spacial score (nSPS) is 11.4. The summed E-state index contributed by atoms with van der Waals surface area (Å²) in [5, 5.41) is 10.7. The van der Waals surface area contributed by atoms with Crippen molar-refractivity contribution in [3.05, 3.63) is 60.2 Å². The number of thioether (sulfide) groups is 1. The van der Waals surface area contributed by atoms with Gasteiger partial charge in [0, 0.05) is 17.7 Å². The molecule has 2 heterocycles. The molecule has 0 atom stereocenters. The quantitative estimate of drug-likeness (QED) is 0.473. The zero-order valence-corrected chi connectivity index (χ0v) is 15.0. The molecule has 0 N–H and O–H groups in total. The molecule has 5 heteroatoms. The smallest absolute Gasteiger partial charge is 0.211 e. The van der Waals surface area contributed by atoms with Gasteiger partial charge in [0.25, 0.3) is 0 Å². The first-order valence-electron chi connectivity index (χ1n) is 8.65. The summed E-state index contributed by atoms with van der Waals surface area (Å²) >= 11 is 1.67. The molecule has 0 aliphatic carbocycles. The second-order valence-electron chi connectivity index (χ2n) is 6.02. The summed E-state index contributed by atoms with van der Waals surface area (Å²) in [6.07, 6.45) is 2.07. The maximum Gasteiger partial charge on any atom is 0.211 e. The maximum atomic E-state index is 4.81. The minimum atomic E-state index is 0.762. The third-order valence-corrected chi connectivity index (χ3v) is 5.30. The number of hydrogen-bond donors (Lipinski definition) is 0. The van der Waals surface area contributed by atoms with Crippen LogP contribution in [-0.4, -0.2) is 25.5 Å². The van der Waals surface area contributed by atoms with Gasteiger partial charge < -0.3 is 4.57 Å². The average molecular weight is 348 g/mol. The molecule has 0 aliphatic heterocycles. The number of para-hydroxylation sites is 1. The number of nitrogens with zero attached hydrogens (tertiary/aromatic N) is 4. The van der Waals surface area contributed by atoms with Gasteiger partial charge in [0.2, 0.25) is 5.16 Å². The largest absolute Gasteiger partial charge is 0.323 e. The second kappa shape index (κ2) is 7.23. The third-order valence-electron chi connectivity index (χ3n) is 4.26. The molecule has 4 nitrogen and oxygen atoms in total. The van der Waals surface area contributed by atoms with Crippen LogP contribution in [0.1, 0.15) is 18.9 Å². The van der Waals surface area contributed by atoms with Crippen LogP contribution in [0.3, 0.4) is 0 Å². The van der Waals surface area contributed by atoms with Gasteiger partial charge in [-0.05, 0) is 24.5 Å². The Labute approximate surface area is 151 Å². The van der Waals surface area contributed by atoms with E-state index in [0.717, 1.165) is 46.8 Å². The molecule has 0 unspecified atom stereocenters. The SMILES string of the molecule is CCCSc1nnc2c3ccccc3n(CCc3ccccc3)c2n1. The van der Waals surface area contributed by atoms with Gasteiger partial charge >= 0.3 is 0 Å². The van der Waals surface area contributed by atoms with Gasteiger partial charge in [-0.2, -0.15) is 0 Å². The van der Waals surface area contributed by atoms with Crippen molar-refractivity contribution in [2.75, 3.05) is 5.75 Å². The number of rotatable bonds is 6. The Balaban J connectivity index is 1.78. The van der Waals surface area contributed by atoms with Crippen molar-refractivity contribution < 1.29 is 0 Å². The van der Waals surface area contributed by atoms with E-state index in [-0.39, 0.29) is 0 Å². The van der Waals surface area contributed by atoms with E-state index in [1.165, 1.54) is 11.1 Å². The fourth-order valence-corrected chi connectivity index (χ4v) is 3.69. The lowest BCUT2D eigenvalue weighted by Gasteiger charge is -2.07. The van der Waals surface area contributed by atoms with Crippen LogP contribution in [0.25, 0.3) is 22.1 Å². The minimum absolute atomic E-state index is 0.762. The van der Waals surface area contributed by atoms with E-state index in [4.69, 9.17) is 4.98 Å². The molecular weight excluding hydrogens is 328 g/mol. The standard InChI is InChI=1S/C20H20N4S/c1-2-14-25-20-21-19-18(22-23-20)16-10-6-7-11-17(16)24(19)13-12-15-8-4-3-5-9-15/h3-11H,2,12-14H2,1H3. The lowest BCUT2D eigenvalue weighted by Crippen LogP contribution is -2.03. The van der Waals surface area contributed by atoms with Crippen LogP contribution in [-0.2, 0) is 13.0 Å². The molecule has 4 rings (SSSR count). The summed E-state index contributed by atoms with van der Waals surface area (Å²) in [4.78, 5) is 4.81. The van der Waals surface area contributed by atoms with Gasteiger partial charge in [-0.25, -0.2) is 4.98 Å². The number of hydrogen-bond acceptors (Lipinski definition) is 4. The van der Waals surface area contributed by atoms with Crippen LogP contribution >= 0.6 is 11.8 Å². The lowest BCUT2D eigenvalue weighted by atomic mass is 10.1. The van der Waals surface area contributed by atoms with Gasteiger partial charge in [-0.1, -0.05) is 67.2 Å². The summed E-state index contributed by atoms with van der Waals surface area (Å²) in [5.41, 5.74) is 4.33. The van der Waals surface area contributed by atoms with Crippen molar-refractivity contribution in [2.24, 2.45) is 0 Å². The molecule has 4 aromatic rings. The summed E-state index contributed by atoms with van der Waals surface area (Å²) in [6.45, 7) is 3.04. The van der Waals surface area contributed by atoms with Crippen molar-refractivity contribution >= 4 is 33.8 Å². The molecule has 0 saturated carbocycles. The van der Waals surface area contributed by atoms with Crippen molar-refractivity contribution in [1.82, 2.24) is 19.7 Å². The fraction of sp³-hybridized carbons (Fsp3) is 0.250. The molecule has 0 amide bonds. The van der Waals surface area contributed by atoms with Gasteiger partial charge in [0.1, 0.15) is 5.52 Å². The Hall–Kier alpha value is -2.40. The highest BCUT2D eigenvalue weighted by Crippen LogP contribution is 2.27. The molecule has 126 valence electrons. The van der Waals surface area contributed by atoms with E-state index in [1.807, 2.05) is 6.07 Å². The second-order valence-corrected chi connectivity index (χ2v) is 7.08. The number of aryl methyl sites for hydroxylation is 2. The summed E-state index contributed by atoms with van der Waals surface area (Å²) < 4.78 is 2.28. The Kier molecular flexibility index (Phi) is 4.65. The molecule has 0 bridgehead atoms.